The van der Waals surface area contributed by atoms with Crippen molar-refractivity contribution in [2.75, 3.05) is 7.11 Å². The summed E-state index contributed by atoms with van der Waals surface area (Å²) < 4.78 is 10.6. The van der Waals surface area contributed by atoms with Crippen LogP contribution in [-0.4, -0.2) is 30.1 Å². The Morgan fingerprint density at radius 2 is 2.00 bits per heavy atom. The van der Waals surface area contributed by atoms with Crippen molar-refractivity contribution in [2.45, 2.75) is 52.6 Å². The van der Waals surface area contributed by atoms with Crippen LogP contribution in [0.1, 0.15) is 56.0 Å². The molecule has 0 spiro atoms. The number of phenols is 1. The second kappa shape index (κ2) is 9.75. The van der Waals surface area contributed by atoms with E-state index in [2.05, 4.69) is 0 Å². The van der Waals surface area contributed by atoms with Crippen LogP contribution < -0.4 is 4.74 Å². The maximum Gasteiger partial charge on any atom is 0.342 e. The van der Waals surface area contributed by atoms with Crippen LogP contribution >= 0.6 is 0 Å². The van der Waals surface area contributed by atoms with Gasteiger partial charge in [0.05, 0.1) is 13.2 Å². The van der Waals surface area contributed by atoms with Gasteiger partial charge >= 0.3 is 5.97 Å². The number of esters is 1. The average Bonchev–Trinajstić information content (AvgIpc) is 2.52. The minimum atomic E-state index is -0.546. The number of allylic oxidation sites excluding steroid dienone is 2. The van der Waals surface area contributed by atoms with Gasteiger partial charge in [0.2, 0.25) is 0 Å². The molecule has 0 saturated carbocycles. The van der Waals surface area contributed by atoms with E-state index < -0.39 is 5.97 Å². The van der Waals surface area contributed by atoms with Gasteiger partial charge in [0, 0.05) is 12.5 Å². The average molecular weight is 334 g/mol. The molecule has 1 N–H and O–H groups in total. The van der Waals surface area contributed by atoms with Crippen molar-refractivity contribution in [3.8, 4) is 11.5 Å². The van der Waals surface area contributed by atoms with E-state index in [1.165, 1.54) is 25.3 Å². The number of ether oxygens (including phenoxy) is 2. The van der Waals surface area contributed by atoms with E-state index in [9.17, 15) is 14.7 Å². The number of carbonyl (C=O) groups excluding carboxylic acids is 2. The Morgan fingerprint density at radius 3 is 2.58 bits per heavy atom. The molecule has 1 aromatic carbocycles. The molecular weight excluding hydrogens is 308 g/mol. The van der Waals surface area contributed by atoms with Crippen molar-refractivity contribution < 1.29 is 24.2 Å². The molecule has 0 radical (unpaired) electrons. The summed E-state index contributed by atoms with van der Waals surface area (Å²) in [5.41, 5.74) is 0.586. The number of methoxy groups -OCH3 is 1. The summed E-state index contributed by atoms with van der Waals surface area (Å²) in [7, 11) is 1.41. The van der Waals surface area contributed by atoms with Gasteiger partial charge in [-0.25, -0.2) is 4.79 Å². The Hall–Kier alpha value is -2.30. The number of hydrogen-bond acceptors (Lipinski definition) is 5. The molecule has 24 heavy (non-hydrogen) atoms. The largest absolute Gasteiger partial charge is 0.508 e. The molecule has 1 unspecified atom stereocenters. The second-order valence-electron chi connectivity index (χ2n) is 5.64. The van der Waals surface area contributed by atoms with Gasteiger partial charge in [-0.3, -0.25) is 4.79 Å². The minimum Gasteiger partial charge on any atom is -0.508 e. The van der Waals surface area contributed by atoms with Crippen LogP contribution in [0.3, 0.4) is 0 Å². The molecule has 1 rings (SSSR count). The van der Waals surface area contributed by atoms with Crippen LogP contribution in [0.25, 0.3) is 0 Å². The maximum atomic E-state index is 12.5. The lowest BCUT2D eigenvalue weighted by Crippen LogP contribution is -2.18. The van der Waals surface area contributed by atoms with E-state index in [4.69, 9.17) is 9.47 Å². The maximum absolute atomic E-state index is 12.5. The first-order valence-electron chi connectivity index (χ1n) is 8.23. The second-order valence-corrected chi connectivity index (χ2v) is 5.64. The SMILES string of the molecule is CC/C=C/C(=O)Cc1cc(O)cc(OC)c1C(=O)OC(C)CCC. The molecule has 132 valence electrons. The normalized spacial score (nSPS) is 12.2. The topological polar surface area (TPSA) is 72.8 Å². The molecule has 0 saturated heterocycles. The highest BCUT2D eigenvalue weighted by Crippen LogP contribution is 2.30. The molecule has 0 bridgehead atoms. The van der Waals surface area contributed by atoms with Crippen LogP contribution in [0, 0.1) is 0 Å². The number of ketones is 1. The van der Waals surface area contributed by atoms with E-state index in [-0.39, 0.29) is 35.4 Å². The number of aromatic hydroxyl groups is 1. The summed E-state index contributed by atoms with van der Waals surface area (Å²) in [4.78, 5) is 24.5. The van der Waals surface area contributed by atoms with Crippen molar-refractivity contribution >= 4 is 11.8 Å². The molecule has 0 aromatic heterocycles. The Labute approximate surface area is 143 Å². The van der Waals surface area contributed by atoms with Crippen LogP contribution in [0.5, 0.6) is 11.5 Å². The molecule has 0 aliphatic heterocycles. The Kier molecular flexibility index (Phi) is 8.02. The van der Waals surface area contributed by atoms with Gasteiger partial charge < -0.3 is 14.6 Å². The van der Waals surface area contributed by atoms with Crippen LogP contribution in [0.2, 0.25) is 0 Å². The van der Waals surface area contributed by atoms with Gasteiger partial charge in [0.25, 0.3) is 0 Å². The molecule has 5 heteroatoms. The number of benzene rings is 1. The molecule has 0 amide bonds. The molecular formula is C19H26O5. The quantitative estimate of drug-likeness (QED) is 0.549. The zero-order valence-corrected chi connectivity index (χ0v) is 14.8. The van der Waals surface area contributed by atoms with Gasteiger partial charge in [-0.05, 0) is 37.5 Å². The molecule has 1 aromatic rings. The van der Waals surface area contributed by atoms with E-state index >= 15 is 0 Å². The first-order chi connectivity index (χ1) is 11.4. The van der Waals surface area contributed by atoms with Crippen LogP contribution in [0.15, 0.2) is 24.3 Å². The van der Waals surface area contributed by atoms with Crippen molar-refractivity contribution in [3.05, 3.63) is 35.4 Å². The number of hydrogen-bond donors (Lipinski definition) is 1. The summed E-state index contributed by atoms with van der Waals surface area (Å²) in [6.07, 6.45) is 5.39. The fraction of sp³-hybridized carbons (Fsp3) is 0.474. The van der Waals surface area contributed by atoms with E-state index in [1.54, 1.807) is 6.08 Å². The molecule has 0 fully saturated rings. The summed E-state index contributed by atoms with van der Waals surface area (Å²) in [5.74, 6) is -0.562. The number of phenolic OH excluding ortho intramolecular Hbond substituents is 1. The van der Waals surface area contributed by atoms with Crippen molar-refractivity contribution in [1.29, 1.82) is 0 Å². The number of rotatable bonds is 9. The monoisotopic (exact) mass is 334 g/mol. The van der Waals surface area contributed by atoms with Gasteiger partial charge in [-0.15, -0.1) is 0 Å². The third-order valence-electron chi connectivity index (χ3n) is 3.50. The fourth-order valence-electron chi connectivity index (χ4n) is 2.39. The van der Waals surface area contributed by atoms with Crippen LogP contribution in [0.4, 0.5) is 0 Å². The first kappa shape index (κ1) is 19.7. The van der Waals surface area contributed by atoms with E-state index in [0.29, 0.717) is 5.56 Å². The predicted molar refractivity (Wildman–Crippen MR) is 92.6 cm³/mol. The number of carbonyl (C=O) groups is 2. The van der Waals surface area contributed by atoms with Crippen LogP contribution in [-0.2, 0) is 16.0 Å². The van der Waals surface area contributed by atoms with Gasteiger partial charge in [0.15, 0.2) is 5.78 Å². The van der Waals surface area contributed by atoms with Gasteiger partial charge in [-0.1, -0.05) is 26.3 Å². The Balaban J connectivity index is 3.17. The zero-order valence-electron chi connectivity index (χ0n) is 14.8. The smallest absolute Gasteiger partial charge is 0.342 e. The third kappa shape index (κ3) is 5.72. The standard InChI is InChI=1S/C19H26O5/c1-5-7-9-15(20)10-14-11-16(21)12-17(23-4)18(14)19(22)24-13(3)8-6-2/h7,9,11-13,21H,5-6,8,10H2,1-4H3/b9-7+. The predicted octanol–water partition coefficient (Wildman–Crippen LogP) is 3.82. The summed E-state index contributed by atoms with van der Waals surface area (Å²) in [5, 5.41) is 9.82. The molecule has 0 heterocycles. The lowest BCUT2D eigenvalue weighted by atomic mass is 10.00. The summed E-state index contributed by atoms with van der Waals surface area (Å²) >= 11 is 0. The molecule has 0 aliphatic rings. The third-order valence-corrected chi connectivity index (χ3v) is 3.50. The van der Waals surface area contributed by atoms with E-state index in [0.717, 1.165) is 19.3 Å². The molecule has 1 atom stereocenters. The van der Waals surface area contributed by atoms with E-state index in [1.807, 2.05) is 20.8 Å². The highest BCUT2D eigenvalue weighted by atomic mass is 16.5. The summed E-state index contributed by atoms with van der Waals surface area (Å²) in [6.45, 7) is 5.76. The lowest BCUT2D eigenvalue weighted by Gasteiger charge is -2.16. The molecule has 0 aliphatic carbocycles. The highest BCUT2D eigenvalue weighted by Gasteiger charge is 2.23. The summed E-state index contributed by atoms with van der Waals surface area (Å²) in [6, 6.07) is 2.75. The highest BCUT2D eigenvalue weighted by molar-refractivity contribution is 5.98. The van der Waals surface area contributed by atoms with Crippen molar-refractivity contribution in [2.24, 2.45) is 0 Å². The lowest BCUT2D eigenvalue weighted by molar-refractivity contribution is -0.114. The minimum absolute atomic E-state index is 0.00610. The van der Waals surface area contributed by atoms with Crippen molar-refractivity contribution in [3.63, 3.8) is 0 Å². The Bertz CT molecular complexity index is 604. The van der Waals surface area contributed by atoms with Crippen molar-refractivity contribution in [1.82, 2.24) is 0 Å². The first-order valence-corrected chi connectivity index (χ1v) is 8.23. The zero-order chi connectivity index (χ0) is 18.1. The molecule has 5 nitrogen and oxygen atoms in total. The Morgan fingerprint density at radius 1 is 1.29 bits per heavy atom. The van der Waals surface area contributed by atoms with Gasteiger partial charge in [-0.2, -0.15) is 0 Å². The van der Waals surface area contributed by atoms with Gasteiger partial charge in [0.1, 0.15) is 17.1 Å². The fourth-order valence-corrected chi connectivity index (χ4v) is 2.39.